The lowest BCUT2D eigenvalue weighted by molar-refractivity contribution is -0.134. The van der Waals surface area contributed by atoms with Crippen molar-refractivity contribution < 1.29 is 14.0 Å². The number of nitrogens with zero attached hydrogens (tertiary/aromatic N) is 1. The van der Waals surface area contributed by atoms with Crippen molar-refractivity contribution in [1.82, 2.24) is 10.2 Å². The Kier molecular flexibility index (Phi) is 5.01. The van der Waals surface area contributed by atoms with Crippen LogP contribution in [0.3, 0.4) is 0 Å². The summed E-state index contributed by atoms with van der Waals surface area (Å²) in [6.07, 6.45) is 4.74. The number of hydrogen-bond acceptors (Lipinski definition) is 3. The largest absolute Gasteiger partial charge is 0.461 e. The summed E-state index contributed by atoms with van der Waals surface area (Å²) in [6.45, 7) is 3.70. The fraction of sp³-hybridized carbons (Fsp3) is 0.455. The van der Waals surface area contributed by atoms with E-state index in [9.17, 15) is 9.59 Å². The number of aryl methyl sites for hydroxylation is 1. The molecule has 5 heteroatoms. The van der Waals surface area contributed by atoms with E-state index in [1.54, 1.807) is 0 Å². The number of benzene rings is 1. The van der Waals surface area contributed by atoms with Gasteiger partial charge in [0.25, 0.3) is 5.91 Å². The van der Waals surface area contributed by atoms with Crippen LogP contribution >= 0.6 is 0 Å². The molecule has 1 aromatic heterocycles. The molecule has 2 amide bonds. The number of furan rings is 1. The molecule has 2 heterocycles. The van der Waals surface area contributed by atoms with Gasteiger partial charge in [-0.05, 0) is 63.3 Å². The van der Waals surface area contributed by atoms with Gasteiger partial charge in [0.1, 0.15) is 11.5 Å². The van der Waals surface area contributed by atoms with Crippen molar-refractivity contribution in [1.29, 1.82) is 0 Å². The molecule has 0 unspecified atom stereocenters. The predicted octanol–water partition coefficient (Wildman–Crippen LogP) is 3.78. The minimum Gasteiger partial charge on any atom is -0.461 e. The zero-order chi connectivity index (χ0) is 18.8. The summed E-state index contributed by atoms with van der Waals surface area (Å²) in [5, 5.41) is 3.10. The summed E-state index contributed by atoms with van der Waals surface area (Å²) in [6, 6.07) is 11.4. The molecule has 1 aromatic carbocycles. The summed E-state index contributed by atoms with van der Waals surface area (Å²) < 4.78 is 5.62. The third kappa shape index (κ3) is 3.92. The van der Waals surface area contributed by atoms with Gasteiger partial charge in [-0.3, -0.25) is 9.59 Å². The number of nitrogens with one attached hydrogen (secondary N) is 1. The zero-order valence-corrected chi connectivity index (χ0v) is 15.7. The standard InChI is InChI=1S/C22H26N2O3/c1-15-4-11-20(27-15)16-5-7-17(8-6-16)21(25)23-19-10-9-18(14-19)22(26)24-12-2-3-13-24/h4-8,11,18-19H,2-3,9-10,12-14H2,1H3,(H,23,25)/t18-,19+/m1/s1. The van der Waals surface area contributed by atoms with Gasteiger partial charge in [0.15, 0.2) is 0 Å². The second-order valence-corrected chi connectivity index (χ2v) is 7.70. The molecule has 1 saturated heterocycles. The fourth-order valence-electron chi connectivity index (χ4n) is 4.18. The van der Waals surface area contributed by atoms with Crippen LogP contribution < -0.4 is 5.32 Å². The summed E-state index contributed by atoms with van der Waals surface area (Å²) in [5.41, 5.74) is 1.59. The van der Waals surface area contributed by atoms with Crippen LogP contribution in [-0.4, -0.2) is 35.8 Å². The van der Waals surface area contributed by atoms with E-state index in [4.69, 9.17) is 4.42 Å². The van der Waals surface area contributed by atoms with E-state index in [1.165, 1.54) is 0 Å². The molecule has 1 aliphatic carbocycles. The van der Waals surface area contributed by atoms with Crippen LogP contribution in [0.15, 0.2) is 40.8 Å². The van der Waals surface area contributed by atoms with Crippen LogP contribution in [0.5, 0.6) is 0 Å². The number of hydrogen-bond donors (Lipinski definition) is 1. The average Bonchev–Trinajstić information content (AvgIpc) is 3.43. The number of rotatable bonds is 4. The lowest BCUT2D eigenvalue weighted by Gasteiger charge is -2.20. The Bertz CT molecular complexity index is 818. The molecule has 4 rings (SSSR count). The SMILES string of the molecule is Cc1ccc(-c2ccc(C(=O)N[C@H]3CC[C@@H](C(=O)N4CCCC4)C3)cc2)o1. The molecule has 27 heavy (non-hydrogen) atoms. The quantitative estimate of drug-likeness (QED) is 0.896. The van der Waals surface area contributed by atoms with E-state index in [0.29, 0.717) is 5.56 Å². The topological polar surface area (TPSA) is 62.6 Å². The Balaban J connectivity index is 1.33. The minimum atomic E-state index is -0.0727. The first-order valence-electron chi connectivity index (χ1n) is 9.86. The number of carbonyl (C=O) groups is 2. The summed E-state index contributed by atoms with van der Waals surface area (Å²) in [5.74, 6) is 1.95. The van der Waals surface area contributed by atoms with Crippen LogP contribution in [-0.2, 0) is 4.79 Å². The number of likely N-dealkylation sites (tertiary alicyclic amines) is 1. The molecule has 2 atom stereocenters. The third-order valence-corrected chi connectivity index (χ3v) is 5.71. The van der Waals surface area contributed by atoms with E-state index in [2.05, 4.69) is 5.32 Å². The molecule has 1 aliphatic heterocycles. The average molecular weight is 366 g/mol. The maximum absolute atomic E-state index is 12.6. The predicted molar refractivity (Wildman–Crippen MR) is 103 cm³/mol. The lowest BCUT2D eigenvalue weighted by atomic mass is 10.1. The fourth-order valence-corrected chi connectivity index (χ4v) is 4.18. The smallest absolute Gasteiger partial charge is 0.251 e. The van der Waals surface area contributed by atoms with Crippen molar-refractivity contribution in [3.8, 4) is 11.3 Å². The van der Waals surface area contributed by atoms with Gasteiger partial charge in [-0.25, -0.2) is 0 Å². The zero-order valence-electron chi connectivity index (χ0n) is 15.7. The van der Waals surface area contributed by atoms with Crippen LogP contribution in [0.1, 0.15) is 48.2 Å². The molecule has 2 aliphatic rings. The molecule has 0 spiro atoms. The molecular formula is C22H26N2O3. The van der Waals surface area contributed by atoms with Gasteiger partial charge in [0.2, 0.25) is 5.91 Å². The van der Waals surface area contributed by atoms with E-state index in [-0.39, 0.29) is 23.8 Å². The van der Waals surface area contributed by atoms with E-state index >= 15 is 0 Å². The van der Waals surface area contributed by atoms with Gasteiger partial charge in [-0.15, -0.1) is 0 Å². The van der Waals surface area contributed by atoms with Crippen molar-refractivity contribution in [3.05, 3.63) is 47.7 Å². The van der Waals surface area contributed by atoms with E-state index in [1.807, 2.05) is 48.2 Å². The normalized spacial score (nSPS) is 22.2. The Hall–Kier alpha value is -2.56. The number of carbonyl (C=O) groups excluding carboxylic acids is 2. The van der Waals surface area contributed by atoms with Crippen molar-refractivity contribution in [2.45, 2.75) is 45.1 Å². The van der Waals surface area contributed by atoms with Crippen molar-refractivity contribution >= 4 is 11.8 Å². The first kappa shape index (κ1) is 17.8. The van der Waals surface area contributed by atoms with Crippen molar-refractivity contribution in [2.24, 2.45) is 5.92 Å². The van der Waals surface area contributed by atoms with Crippen molar-refractivity contribution in [2.75, 3.05) is 13.1 Å². The van der Waals surface area contributed by atoms with Gasteiger partial charge in [0, 0.05) is 36.2 Å². The summed E-state index contributed by atoms with van der Waals surface area (Å²) in [4.78, 5) is 27.1. The molecule has 0 bridgehead atoms. The molecule has 0 radical (unpaired) electrons. The van der Waals surface area contributed by atoms with E-state index < -0.39 is 0 Å². The highest BCUT2D eigenvalue weighted by molar-refractivity contribution is 5.95. The van der Waals surface area contributed by atoms with E-state index in [0.717, 1.165) is 62.3 Å². The molecular weight excluding hydrogens is 340 g/mol. The van der Waals surface area contributed by atoms with Gasteiger partial charge in [-0.2, -0.15) is 0 Å². The molecule has 142 valence electrons. The lowest BCUT2D eigenvalue weighted by Crippen LogP contribution is -2.36. The highest BCUT2D eigenvalue weighted by atomic mass is 16.3. The molecule has 1 saturated carbocycles. The number of amides is 2. The maximum Gasteiger partial charge on any atom is 0.251 e. The van der Waals surface area contributed by atoms with Crippen molar-refractivity contribution in [3.63, 3.8) is 0 Å². The van der Waals surface area contributed by atoms with Gasteiger partial charge in [0.05, 0.1) is 0 Å². The minimum absolute atomic E-state index is 0.0676. The monoisotopic (exact) mass is 366 g/mol. The molecule has 2 aromatic rings. The third-order valence-electron chi connectivity index (χ3n) is 5.71. The highest BCUT2D eigenvalue weighted by Gasteiger charge is 2.34. The van der Waals surface area contributed by atoms with Crippen LogP contribution in [0.2, 0.25) is 0 Å². The Labute approximate surface area is 159 Å². The Morgan fingerprint density at radius 1 is 1.04 bits per heavy atom. The van der Waals surface area contributed by atoms with Gasteiger partial charge >= 0.3 is 0 Å². The molecule has 2 fully saturated rings. The van der Waals surface area contributed by atoms with Crippen LogP contribution in [0, 0.1) is 12.8 Å². The second kappa shape index (κ2) is 7.59. The van der Waals surface area contributed by atoms with Crippen LogP contribution in [0.4, 0.5) is 0 Å². The maximum atomic E-state index is 12.6. The van der Waals surface area contributed by atoms with Gasteiger partial charge in [-0.1, -0.05) is 12.1 Å². The first-order chi connectivity index (χ1) is 13.1. The Morgan fingerprint density at radius 3 is 2.44 bits per heavy atom. The Morgan fingerprint density at radius 2 is 1.78 bits per heavy atom. The highest BCUT2D eigenvalue weighted by Crippen LogP contribution is 2.29. The second-order valence-electron chi connectivity index (χ2n) is 7.70. The summed E-state index contributed by atoms with van der Waals surface area (Å²) >= 11 is 0. The van der Waals surface area contributed by atoms with Crippen LogP contribution in [0.25, 0.3) is 11.3 Å². The summed E-state index contributed by atoms with van der Waals surface area (Å²) in [7, 11) is 0. The first-order valence-corrected chi connectivity index (χ1v) is 9.86. The molecule has 5 nitrogen and oxygen atoms in total. The molecule has 1 N–H and O–H groups in total. The van der Waals surface area contributed by atoms with Gasteiger partial charge < -0.3 is 14.6 Å².